The molecule has 0 bridgehead atoms. The van der Waals surface area contributed by atoms with Crippen LogP contribution in [0.1, 0.15) is 60.8 Å². The quantitative estimate of drug-likeness (QED) is 0.640. The topological polar surface area (TPSA) is 67.4 Å². The molecule has 0 saturated carbocycles. The number of ether oxygens (including phenoxy) is 1. The Balaban J connectivity index is 2.20. The minimum absolute atomic E-state index is 0.191. The van der Waals surface area contributed by atoms with Crippen LogP contribution in [0.15, 0.2) is 24.3 Å². The van der Waals surface area contributed by atoms with E-state index in [-0.39, 0.29) is 5.60 Å². The van der Waals surface area contributed by atoms with Crippen molar-refractivity contribution in [1.82, 2.24) is 4.72 Å². The van der Waals surface area contributed by atoms with E-state index < -0.39 is 14.8 Å². The predicted molar refractivity (Wildman–Crippen MR) is 106 cm³/mol. The standard InChI is InChI=1S/C19H34N2O3S/c1-18(2,3)24-17-12-10-16(11-13-17)20-14-8-7-9-15-21-25(22,23)19(4,5)6/h10-13,20-21H,7-9,14-15H2,1-6H3. The van der Waals surface area contributed by atoms with Gasteiger partial charge in [0.1, 0.15) is 11.4 Å². The van der Waals surface area contributed by atoms with E-state index in [9.17, 15) is 8.42 Å². The Morgan fingerprint density at radius 2 is 1.44 bits per heavy atom. The summed E-state index contributed by atoms with van der Waals surface area (Å²) in [6, 6.07) is 7.96. The van der Waals surface area contributed by atoms with Crippen molar-refractivity contribution in [2.45, 2.75) is 71.2 Å². The number of anilines is 1. The number of hydrogen-bond acceptors (Lipinski definition) is 4. The molecule has 1 rings (SSSR count). The molecule has 0 unspecified atom stereocenters. The second-order valence-electron chi connectivity index (χ2n) is 8.24. The molecule has 144 valence electrons. The van der Waals surface area contributed by atoms with Crippen LogP contribution in [0.3, 0.4) is 0 Å². The van der Waals surface area contributed by atoms with Crippen LogP contribution in [0.5, 0.6) is 5.75 Å². The first-order valence-corrected chi connectivity index (χ1v) is 10.4. The van der Waals surface area contributed by atoms with Crippen molar-refractivity contribution in [2.75, 3.05) is 18.4 Å². The summed E-state index contributed by atoms with van der Waals surface area (Å²) in [7, 11) is -3.23. The molecule has 0 atom stereocenters. The van der Waals surface area contributed by atoms with Crippen molar-refractivity contribution in [2.24, 2.45) is 0 Å². The van der Waals surface area contributed by atoms with E-state index in [1.54, 1.807) is 20.8 Å². The highest BCUT2D eigenvalue weighted by atomic mass is 32.2. The van der Waals surface area contributed by atoms with Gasteiger partial charge in [-0.15, -0.1) is 0 Å². The van der Waals surface area contributed by atoms with E-state index in [4.69, 9.17) is 4.74 Å². The summed E-state index contributed by atoms with van der Waals surface area (Å²) in [5.74, 6) is 0.865. The maximum absolute atomic E-state index is 11.9. The summed E-state index contributed by atoms with van der Waals surface area (Å²) in [5.41, 5.74) is 0.874. The fraction of sp³-hybridized carbons (Fsp3) is 0.684. The van der Waals surface area contributed by atoms with E-state index in [1.807, 2.05) is 45.0 Å². The van der Waals surface area contributed by atoms with Crippen LogP contribution < -0.4 is 14.8 Å². The van der Waals surface area contributed by atoms with Gasteiger partial charge in [-0.1, -0.05) is 6.42 Å². The van der Waals surface area contributed by atoms with E-state index in [0.717, 1.165) is 37.2 Å². The van der Waals surface area contributed by atoms with Crippen molar-refractivity contribution in [3.8, 4) is 5.75 Å². The summed E-state index contributed by atoms with van der Waals surface area (Å²) in [5, 5.41) is 3.37. The number of rotatable bonds is 9. The minimum Gasteiger partial charge on any atom is -0.488 e. The highest BCUT2D eigenvalue weighted by Gasteiger charge is 2.27. The molecule has 5 nitrogen and oxygen atoms in total. The monoisotopic (exact) mass is 370 g/mol. The molecule has 0 aliphatic carbocycles. The molecule has 0 spiro atoms. The summed E-state index contributed by atoms with van der Waals surface area (Å²) >= 11 is 0. The first-order valence-electron chi connectivity index (χ1n) is 8.93. The number of unbranched alkanes of at least 4 members (excludes halogenated alkanes) is 2. The van der Waals surface area contributed by atoms with Gasteiger partial charge in [0, 0.05) is 18.8 Å². The third-order valence-corrected chi connectivity index (χ3v) is 5.76. The van der Waals surface area contributed by atoms with Gasteiger partial charge in [-0.3, -0.25) is 0 Å². The van der Waals surface area contributed by atoms with Gasteiger partial charge in [0.25, 0.3) is 0 Å². The second kappa shape index (κ2) is 8.90. The Hall–Kier alpha value is -1.27. The molecule has 0 amide bonds. The normalized spacial score (nSPS) is 12.9. The molecule has 0 radical (unpaired) electrons. The molecule has 0 saturated heterocycles. The van der Waals surface area contributed by atoms with Gasteiger partial charge < -0.3 is 10.1 Å². The maximum Gasteiger partial charge on any atom is 0.216 e. The van der Waals surface area contributed by atoms with E-state index in [2.05, 4.69) is 10.0 Å². The SMILES string of the molecule is CC(C)(C)Oc1ccc(NCCCCCNS(=O)(=O)C(C)(C)C)cc1. The fourth-order valence-electron chi connectivity index (χ4n) is 2.08. The van der Waals surface area contributed by atoms with Gasteiger partial charge in [0.2, 0.25) is 10.0 Å². The molecule has 0 fully saturated rings. The van der Waals surface area contributed by atoms with Crippen molar-refractivity contribution in [3.63, 3.8) is 0 Å². The van der Waals surface area contributed by atoms with E-state index in [1.165, 1.54) is 0 Å². The Kier molecular flexibility index (Phi) is 7.75. The molecular formula is C19H34N2O3S. The molecule has 0 aromatic heterocycles. The Morgan fingerprint density at radius 3 is 1.96 bits per heavy atom. The smallest absolute Gasteiger partial charge is 0.216 e. The van der Waals surface area contributed by atoms with Crippen molar-refractivity contribution in [3.05, 3.63) is 24.3 Å². The lowest BCUT2D eigenvalue weighted by atomic mass is 10.2. The van der Waals surface area contributed by atoms with Gasteiger partial charge in [0.05, 0.1) is 4.75 Å². The van der Waals surface area contributed by atoms with Crippen LogP contribution in [0, 0.1) is 0 Å². The average Bonchev–Trinajstić information content (AvgIpc) is 2.45. The molecule has 6 heteroatoms. The lowest BCUT2D eigenvalue weighted by Crippen LogP contribution is -2.39. The van der Waals surface area contributed by atoms with E-state index >= 15 is 0 Å². The van der Waals surface area contributed by atoms with Gasteiger partial charge in [0.15, 0.2) is 0 Å². The average molecular weight is 371 g/mol. The van der Waals surface area contributed by atoms with Crippen molar-refractivity contribution < 1.29 is 13.2 Å². The van der Waals surface area contributed by atoms with Gasteiger partial charge in [-0.05, 0) is 78.6 Å². The highest BCUT2D eigenvalue weighted by molar-refractivity contribution is 7.90. The molecule has 0 aliphatic heterocycles. The Morgan fingerprint density at radius 1 is 0.880 bits per heavy atom. The Labute approximate surface area is 153 Å². The van der Waals surface area contributed by atoms with Crippen molar-refractivity contribution in [1.29, 1.82) is 0 Å². The first-order chi connectivity index (χ1) is 11.4. The summed E-state index contributed by atoms with van der Waals surface area (Å²) < 4.78 is 31.5. The zero-order valence-electron chi connectivity index (χ0n) is 16.5. The minimum atomic E-state index is -3.23. The molecule has 0 aliphatic rings. The maximum atomic E-state index is 11.9. The number of benzene rings is 1. The van der Waals surface area contributed by atoms with E-state index in [0.29, 0.717) is 6.54 Å². The second-order valence-corrected chi connectivity index (χ2v) is 10.8. The predicted octanol–water partition coefficient (Wildman–Crippen LogP) is 4.16. The van der Waals surface area contributed by atoms with Gasteiger partial charge in [-0.2, -0.15) is 0 Å². The number of sulfonamides is 1. The summed E-state index contributed by atoms with van der Waals surface area (Å²) in [6.07, 6.45) is 2.82. The van der Waals surface area contributed by atoms with Gasteiger partial charge in [-0.25, -0.2) is 13.1 Å². The van der Waals surface area contributed by atoms with Crippen LogP contribution in [0.2, 0.25) is 0 Å². The Bertz CT molecular complexity index is 612. The van der Waals surface area contributed by atoms with Crippen LogP contribution in [0.4, 0.5) is 5.69 Å². The van der Waals surface area contributed by atoms with Crippen LogP contribution in [-0.2, 0) is 10.0 Å². The largest absolute Gasteiger partial charge is 0.488 e. The molecule has 1 aromatic carbocycles. The van der Waals surface area contributed by atoms with Crippen LogP contribution in [-0.4, -0.2) is 31.9 Å². The number of nitrogens with one attached hydrogen (secondary N) is 2. The third-order valence-electron chi connectivity index (χ3n) is 3.56. The number of hydrogen-bond donors (Lipinski definition) is 2. The molecule has 25 heavy (non-hydrogen) atoms. The highest BCUT2D eigenvalue weighted by Crippen LogP contribution is 2.20. The molecule has 2 N–H and O–H groups in total. The first kappa shape index (κ1) is 21.8. The zero-order chi connectivity index (χ0) is 19.1. The van der Waals surface area contributed by atoms with Crippen LogP contribution in [0.25, 0.3) is 0 Å². The third kappa shape index (κ3) is 8.59. The van der Waals surface area contributed by atoms with Crippen LogP contribution >= 0.6 is 0 Å². The fourth-order valence-corrected chi connectivity index (χ4v) is 2.92. The summed E-state index contributed by atoms with van der Waals surface area (Å²) in [4.78, 5) is 0. The lowest BCUT2D eigenvalue weighted by Gasteiger charge is -2.21. The lowest BCUT2D eigenvalue weighted by molar-refractivity contribution is 0.131. The summed E-state index contributed by atoms with van der Waals surface area (Å²) in [6.45, 7) is 12.6. The van der Waals surface area contributed by atoms with Crippen molar-refractivity contribution >= 4 is 15.7 Å². The molecule has 0 heterocycles. The zero-order valence-corrected chi connectivity index (χ0v) is 17.3. The molecule has 1 aromatic rings. The van der Waals surface area contributed by atoms with Gasteiger partial charge >= 0.3 is 0 Å². The molecular weight excluding hydrogens is 336 g/mol.